The van der Waals surface area contributed by atoms with Gasteiger partial charge in [0.1, 0.15) is 5.82 Å². The fourth-order valence-electron chi connectivity index (χ4n) is 20.1. The minimum absolute atomic E-state index is 0. The Morgan fingerprint density at radius 1 is 0.314 bits per heavy atom. The molecule has 10 aromatic heterocycles. The van der Waals surface area contributed by atoms with E-state index in [0.29, 0.717) is 35.2 Å². The van der Waals surface area contributed by atoms with Crippen LogP contribution in [-0.4, -0.2) is 47.1 Å². The van der Waals surface area contributed by atoms with Gasteiger partial charge in [-0.1, -0.05) is 306 Å². The number of pyridine rings is 5. The first kappa shape index (κ1) is 93.9. The summed E-state index contributed by atoms with van der Waals surface area (Å²) in [5.74, 6) is 3.98. The van der Waals surface area contributed by atoms with Crippen LogP contribution in [0.5, 0.6) is 11.5 Å². The van der Waals surface area contributed by atoms with Crippen LogP contribution in [0.1, 0.15) is 95.0 Å². The van der Waals surface area contributed by atoms with Gasteiger partial charge in [-0.3, -0.25) is 19.9 Å². The first-order valence-corrected chi connectivity index (χ1v) is 46.1. The number of imidazole rings is 4. The SMILES string of the molecule is CC(C)Cc1cccc(CC(C)C)c1-c1cnc2c3[c-]cccc3c3ccccc3n12.Cc1ccc(-n2c3[c-]c(Oc4[c-]c5c(cc4)c4ccccc4n4c(-c6c(C(C)C)cccc6C(C)C)cnc54)ccc3c3ccccc32)nc1.[Ir].[Ir].[Ir].[Pt+2].[c-]1cccc2c1c1ncc(-c3c(-c4ccccc4)cccc3-c3ccccc3)n1c1ccccc21.[c-]1cccc2c1c1nccn1c1ccccc21. The maximum atomic E-state index is 6.57. The molecule has 25 aromatic rings. The molecule has 0 bridgehead atoms. The number of ether oxygens (including phenoxy) is 1. The van der Waals surface area contributed by atoms with Gasteiger partial charge in [-0.25, -0.2) is 4.98 Å². The van der Waals surface area contributed by atoms with E-state index in [-0.39, 0.29) is 81.4 Å². The molecule has 0 unspecified atom stereocenters. The van der Waals surface area contributed by atoms with E-state index in [9.17, 15) is 0 Å². The topological polar surface area (TPSA) is 96.2 Å². The zero-order valence-corrected chi connectivity index (χ0v) is 86.5. The van der Waals surface area contributed by atoms with Crippen LogP contribution < -0.4 is 4.74 Å². The van der Waals surface area contributed by atoms with Crippen molar-refractivity contribution in [3.8, 4) is 73.3 Å². The molecule has 0 spiro atoms. The maximum Gasteiger partial charge on any atom is 2.00 e. The van der Waals surface area contributed by atoms with Gasteiger partial charge in [-0.15, -0.1) is 119 Å². The van der Waals surface area contributed by atoms with Gasteiger partial charge < -0.3 is 26.9 Å². The Bertz CT molecular complexity index is 8620. The third-order valence-corrected chi connectivity index (χ3v) is 25.8. The van der Waals surface area contributed by atoms with E-state index < -0.39 is 0 Å². The van der Waals surface area contributed by atoms with Gasteiger partial charge in [0.05, 0.1) is 39.7 Å². The molecule has 10 heterocycles. The van der Waals surface area contributed by atoms with E-state index in [1.54, 1.807) is 0 Å². The van der Waals surface area contributed by atoms with Crippen molar-refractivity contribution < 1.29 is 86.1 Å². The predicted molar refractivity (Wildman–Crippen MR) is 551 cm³/mol. The quantitative estimate of drug-likeness (QED) is 0.0795. The minimum atomic E-state index is 0. The number of para-hydroxylation sites is 5. The molecule has 3 radical (unpaired) electrons. The smallest absolute Gasteiger partial charge is 0.503 e. The average Bonchev–Trinajstić information content (AvgIpc) is 1.59. The largest absolute Gasteiger partial charge is 2.00 e. The van der Waals surface area contributed by atoms with E-state index in [1.165, 1.54) is 110 Å². The second kappa shape index (κ2) is 40.1. The summed E-state index contributed by atoms with van der Waals surface area (Å²) in [5.41, 5.74) is 28.9. The summed E-state index contributed by atoms with van der Waals surface area (Å²) >= 11 is 0. The van der Waals surface area contributed by atoms with Gasteiger partial charge in [0.25, 0.3) is 0 Å². The third-order valence-electron chi connectivity index (χ3n) is 25.8. The summed E-state index contributed by atoms with van der Waals surface area (Å²) in [4.78, 5) is 24.2. The number of hydrogen-bond donors (Lipinski definition) is 0. The van der Waals surface area contributed by atoms with Crippen molar-refractivity contribution in [3.05, 3.63) is 423 Å². The Hall–Kier alpha value is -13.5. The van der Waals surface area contributed by atoms with Crippen molar-refractivity contribution in [1.82, 2.24) is 47.1 Å². The third kappa shape index (κ3) is 17.2. The van der Waals surface area contributed by atoms with Crippen molar-refractivity contribution in [1.29, 1.82) is 0 Å². The van der Waals surface area contributed by atoms with Crippen LogP contribution in [0.25, 0.3) is 193 Å². The molecule has 0 atom stereocenters. The molecule has 15 aromatic carbocycles. The molecule has 0 aliphatic carbocycles. The van der Waals surface area contributed by atoms with Gasteiger partial charge in [-0.05, 0) is 157 Å². The number of fused-ring (bicyclic) bond motifs is 27. The molecule has 0 aliphatic rings. The van der Waals surface area contributed by atoms with Crippen LogP contribution in [0.2, 0.25) is 0 Å². The standard InChI is InChI=1S/C45H36N4O.C33H21N2.C29H29N2.C15H9N2.3Ir.Pt/c1-27(2)32-13-10-14-33(28(3)4)44(32)42-26-47-45-38-23-30(18-20-34(38)35-11-6-9-16-40(35)49(42)45)50-31-19-21-37-36-12-7-8-15-39(36)48(41(37)24-31)43-22-17-29(5)25-46-43;1-3-12-23(13-4-1)25-19-11-20-26(24-14-5-2-6-15-24)32(25)31-22-34-33-29-18-8-7-16-27(29)28-17-9-10-21-30(28)35(31)33;1-19(2)16-21-10-9-11-22(17-20(3)4)28(21)27-18-30-29-25-14-6-5-12-23(25)24-13-7-8-15-26(24)31(27)29;1-2-7-13-11(5-1)12-6-3-4-8-14(12)17-10-9-16-15(13)17;;;;/h6-22,25-28H,1-5H3;1-17,19-22H;5-13,15,18-20H,16-17H2,1-4H3;1-6,8-10H;;;;/q-2;3*-1;;;;+2. The molecule has 137 heavy (non-hydrogen) atoms. The molecule has 11 nitrogen and oxygen atoms in total. The summed E-state index contributed by atoms with van der Waals surface area (Å²) in [5, 5.41) is 15.9. The minimum Gasteiger partial charge on any atom is -0.503 e. The summed E-state index contributed by atoms with van der Waals surface area (Å²) in [6.45, 7) is 20.3. The summed E-state index contributed by atoms with van der Waals surface area (Å²) in [7, 11) is 0. The van der Waals surface area contributed by atoms with Crippen molar-refractivity contribution >= 4 is 131 Å². The Morgan fingerprint density at radius 3 is 1.19 bits per heavy atom. The van der Waals surface area contributed by atoms with Gasteiger partial charge in [0.2, 0.25) is 0 Å². The fourth-order valence-corrected chi connectivity index (χ4v) is 20.1. The maximum absolute atomic E-state index is 6.57. The first-order valence-electron chi connectivity index (χ1n) is 46.1. The molecule has 0 saturated carbocycles. The normalized spacial score (nSPS) is 11.5. The Balaban J connectivity index is 0.000000127. The zero-order valence-electron chi connectivity index (χ0n) is 77.1. The zero-order chi connectivity index (χ0) is 90.1. The monoisotopic (exact) mass is 2490 g/mol. The predicted octanol–water partition coefficient (Wildman–Crippen LogP) is 31.1. The number of benzene rings is 15. The van der Waals surface area contributed by atoms with Crippen molar-refractivity contribution in [2.75, 3.05) is 0 Å². The van der Waals surface area contributed by atoms with E-state index in [0.717, 1.165) is 123 Å². The van der Waals surface area contributed by atoms with Gasteiger partial charge in [0.15, 0.2) is 0 Å². The van der Waals surface area contributed by atoms with Crippen molar-refractivity contribution in [3.63, 3.8) is 0 Å². The second-order valence-corrected chi connectivity index (χ2v) is 36.0. The molecule has 15 heteroatoms. The Labute approximate surface area is 851 Å². The molecular formula is C122H95Ir3N10OPt-3. The molecule has 0 N–H and O–H groups in total. The van der Waals surface area contributed by atoms with Crippen LogP contribution in [0, 0.1) is 49.1 Å². The van der Waals surface area contributed by atoms with E-state index in [4.69, 9.17) is 24.7 Å². The van der Waals surface area contributed by atoms with Crippen LogP contribution in [0.4, 0.5) is 0 Å². The number of rotatable bonds is 14. The number of aryl methyl sites for hydroxylation is 1. The Kier molecular flexibility index (Phi) is 27.5. The summed E-state index contributed by atoms with van der Waals surface area (Å²) in [6, 6.07) is 132. The van der Waals surface area contributed by atoms with Crippen LogP contribution in [0.3, 0.4) is 0 Å². The number of hydrogen-bond acceptors (Lipinski definition) is 6. The number of aromatic nitrogens is 10. The van der Waals surface area contributed by atoms with E-state index >= 15 is 0 Å². The molecule has 0 fully saturated rings. The molecule has 0 saturated heterocycles. The second-order valence-electron chi connectivity index (χ2n) is 36.0. The summed E-state index contributed by atoms with van der Waals surface area (Å²) in [6.07, 6.45) is 14.0. The van der Waals surface area contributed by atoms with Crippen LogP contribution >= 0.6 is 0 Å². The molecule has 25 rings (SSSR count). The van der Waals surface area contributed by atoms with Crippen LogP contribution in [-0.2, 0) is 94.2 Å². The van der Waals surface area contributed by atoms with E-state index in [1.807, 2.05) is 73.4 Å². The molecule has 0 aliphatic heterocycles. The van der Waals surface area contributed by atoms with Gasteiger partial charge >= 0.3 is 21.1 Å². The average molecular weight is 2490 g/mol. The molecular weight excluding hydrogens is 2390 g/mol. The van der Waals surface area contributed by atoms with Crippen molar-refractivity contribution in [2.24, 2.45) is 11.8 Å². The first-order chi connectivity index (χ1) is 65.3. The van der Waals surface area contributed by atoms with E-state index in [2.05, 4.69) is 411 Å². The van der Waals surface area contributed by atoms with Gasteiger partial charge in [-0.2, -0.15) is 6.07 Å². The van der Waals surface area contributed by atoms with Crippen molar-refractivity contribution in [2.45, 2.75) is 87.0 Å². The fraction of sp³-hybridized carbons (Fsp3) is 0.123. The number of nitrogens with zero attached hydrogens (tertiary/aromatic N) is 10. The Morgan fingerprint density at radius 2 is 0.708 bits per heavy atom. The van der Waals surface area contributed by atoms with Gasteiger partial charge in [0, 0.05) is 153 Å². The molecule has 679 valence electrons. The summed E-state index contributed by atoms with van der Waals surface area (Å²) < 4.78 is 17.8. The van der Waals surface area contributed by atoms with Crippen LogP contribution in [0.15, 0.2) is 365 Å². The molecule has 0 amide bonds.